The van der Waals surface area contributed by atoms with E-state index in [9.17, 15) is 5.11 Å². The Kier molecular flexibility index (Phi) is 4.12. The fourth-order valence-corrected chi connectivity index (χ4v) is 1.74. The summed E-state index contributed by atoms with van der Waals surface area (Å²) < 4.78 is 0. The van der Waals surface area contributed by atoms with Crippen LogP contribution in [-0.4, -0.2) is 21.6 Å². The van der Waals surface area contributed by atoms with Crippen LogP contribution in [0.1, 0.15) is 17.7 Å². The predicted octanol–water partition coefficient (Wildman–Crippen LogP) is 2.54. The monoisotopic (exact) mass is 243 g/mol. The molecule has 0 unspecified atom stereocenters. The Labute approximate surface area is 107 Å². The quantitative estimate of drug-likeness (QED) is 0.792. The van der Waals surface area contributed by atoms with Crippen molar-refractivity contribution in [3.8, 4) is 5.75 Å². The smallest absolute Gasteiger partial charge is 0.222 e. The minimum atomic E-state index is 0.322. The Morgan fingerprint density at radius 1 is 1.28 bits per heavy atom. The van der Waals surface area contributed by atoms with Crippen molar-refractivity contribution in [2.75, 3.05) is 11.9 Å². The lowest BCUT2D eigenvalue weighted by Crippen LogP contribution is -2.06. The number of rotatable bonds is 5. The molecular weight excluding hydrogens is 226 g/mol. The summed E-state index contributed by atoms with van der Waals surface area (Å²) >= 11 is 0. The summed E-state index contributed by atoms with van der Waals surface area (Å²) in [5, 5.41) is 12.5. The summed E-state index contributed by atoms with van der Waals surface area (Å²) in [4.78, 5) is 8.41. The first kappa shape index (κ1) is 12.4. The lowest BCUT2D eigenvalue weighted by molar-refractivity contribution is 0.474. The molecule has 2 aromatic rings. The van der Waals surface area contributed by atoms with Gasteiger partial charge in [0.15, 0.2) is 0 Å². The van der Waals surface area contributed by atoms with Crippen molar-refractivity contribution in [1.82, 2.24) is 9.97 Å². The van der Waals surface area contributed by atoms with E-state index < -0.39 is 0 Å². The van der Waals surface area contributed by atoms with Crippen LogP contribution in [0.3, 0.4) is 0 Å². The van der Waals surface area contributed by atoms with Gasteiger partial charge < -0.3 is 10.4 Å². The molecule has 0 atom stereocenters. The van der Waals surface area contributed by atoms with Gasteiger partial charge in [0.05, 0.1) is 0 Å². The number of nitrogens with one attached hydrogen (secondary N) is 1. The van der Waals surface area contributed by atoms with Gasteiger partial charge >= 0.3 is 0 Å². The molecule has 18 heavy (non-hydrogen) atoms. The van der Waals surface area contributed by atoms with E-state index in [1.807, 2.05) is 25.1 Å². The van der Waals surface area contributed by atoms with Gasteiger partial charge in [0, 0.05) is 18.4 Å². The molecule has 0 saturated heterocycles. The van der Waals surface area contributed by atoms with E-state index in [0.29, 0.717) is 11.7 Å². The molecule has 0 aliphatic carbocycles. The van der Waals surface area contributed by atoms with E-state index in [1.54, 1.807) is 18.3 Å². The highest BCUT2D eigenvalue weighted by atomic mass is 16.3. The van der Waals surface area contributed by atoms with Gasteiger partial charge in [0.1, 0.15) is 5.75 Å². The molecular formula is C14H17N3O. The average Bonchev–Trinajstić information content (AvgIpc) is 2.35. The normalized spacial score (nSPS) is 10.3. The van der Waals surface area contributed by atoms with Crippen LogP contribution in [0.25, 0.3) is 0 Å². The first-order valence-corrected chi connectivity index (χ1v) is 6.05. The number of anilines is 1. The van der Waals surface area contributed by atoms with Crippen molar-refractivity contribution in [3.63, 3.8) is 0 Å². The molecule has 1 heterocycles. The molecule has 0 spiro atoms. The van der Waals surface area contributed by atoms with Crippen molar-refractivity contribution < 1.29 is 5.11 Å². The zero-order valence-corrected chi connectivity index (χ0v) is 10.4. The van der Waals surface area contributed by atoms with Crippen molar-refractivity contribution >= 4 is 5.95 Å². The standard InChI is InChI=1S/C14H17N3O/c1-11-7-9-16-14(17-11)15-8-3-5-12-4-2-6-13(18)10-12/h2,4,6-7,9-10,18H,3,5,8H2,1H3,(H,15,16,17). The van der Waals surface area contributed by atoms with E-state index in [0.717, 1.165) is 30.6 Å². The molecule has 0 radical (unpaired) electrons. The lowest BCUT2D eigenvalue weighted by atomic mass is 10.1. The van der Waals surface area contributed by atoms with Gasteiger partial charge in [-0.2, -0.15) is 0 Å². The van der Waals surface area contributed by atoms with Gasteiger partial charge in [-0.25, -0.2) is 9.97 Å². The zero-order chi connectivity index (χ0) is 12.8. The van der Waals surface area contributed by atoms with Crippen LogP contribution in [-0.2, 0) is 6.42 Å². The van der Waals surface area contributed by atoms with Gasteiger partial charge in [-0.05, 0) is 43.5 Å². The van der Waals surface area contributed by atoms with Crippen LogP contribution < -0.4 is 5.32 Å². The number of nitrogens with zero attached hydrogens (tertiary/aromatic N) is 2. The van der Waals surface area contributed by atoms with E-state index in [-0.39, 0.29) is 0 Å². The first-order chi connectivity index (χ1) is 8.74. The minimum Gasteiger partial charge on any atom is -0.508 e. The molecule has 0 saturated carbocycles. The summed E-state index contributed by atoms with van der Waals surface area (Å²) in [5.41, 5.74) is 2.10. The van der Waals surface area contributed by atoms with Gasteiger partial charge in [-0.15, -0.1) is 0 Å². The van der Waals surface area contributed by atoms with Crippen LogP contribution in [0.15, 0.2) is 36.5 Å². The second-order valence-corrected chi connectivity index (χ2v) is 4.22. The van der Waals surface area contributed by atoms with E-state index in [1.165, 1.54) is 0 Å². The molecule has 0 aliphatic rings. The minimum absolute atomic E-state index is 0.322. The Morgan fingerprint density at radius 3 is 2.94 bits per heavy atom. The third-order valence-electron chi connectivity index (χ3n) is 2.63. The number of phenolic OH excluding ortho intramolecular Hbond substituents is 1. The number of hydrogen-bond donors (Lipinski definition) is 2. The highest BCUT2D eigenvalue weighted by molar-refractivity contribution is 5.28. The summed E-state index contributed by atoms with van der Waals surface area (Å²) in [6.45, 7) is 2.76. The van der Waals surface area contributed by atoms with Crippen molar-refractivity contribution in [2.45, 2.75) is 19.8 Å². The maximum atomic E-state index is 9.34. The topological polar surface area (TPSA) is 58.0 Å². The van der Waals surface area contributed by atoms with Crippen LogP contribution in [0.2, 0.25) is 0 Å². The van der Waals surface area contributed by atoms with E-state index >= 15 is 0 Å². The van der Waals surface area contributed by atoms with Crippen molar-refractivity contribution in [3.05, 3.63) is 47.8 Å². The third-order valence-corrected chi connectivity index (χ3v) is 2.63. The van der Waals surface area contributed by atoms with Gasteiger partial charge in [-0.3, -0.25) is 0 Å². The largest absolute Gasteiger partial charge is 0.508 e. The summed E-state index contributed by atoms with van der Waals surface area (Å²) in [5.74, 6) is 0.994. The van der Waals surface area contributed by atoms with Gasteiger partial charge in [0.2, 0.25) is 5.95 Å². The molecule has 4 heteroatoms. The van der Waals surface area contributed by atoms with Crippen molar-refractivity contribution in [1.29, 1.82) is 0 Å². The Balaban J connectivity index is 1.76. The number of aryl methyl sites for hydroxylation is 2. The second-order valence-electron chi connectivity index (χ2n) is 4.22. The molecule has 2 N–H and O–H groups in total. The summed E-state index contributed by atoms with van der Waals surface area (Å²) in [7, 11) is 0. The Hall–Kier alpha value is -2.10. The van der Waals surface area contributed by atoms with Gasteiger partial charge in [-0.1, -0.05) is 12.1 Å². The molecule has 0 bridgehead atoms. The van der Waals surface area contributed by atoms with Crippen LogP contribution in [0.5, 0.6) is 5.75 Å². The fraction of sp³-hybridized carbons (Fsp3) is 0.286. The van der Waals surface area contributed by atoms with Gasteiger partial charge in [0.25, 0.3) is 0 Å². The molecule has 1 aromatic heterocycles. The molecule has 4 nitrogen and oxygen atoms in total. The third kappa shape index (κ3) is 3.73. The SMILES string of the molecule is Cc1ccnc(NCCCc2cccc(O)c2)n1. The maximum absolute atomic E-state index is 9.34. The fourth-order valence-electron chi connectivity index (χ4n) is 1.74. The highest BCUT2D eigenvalue weighted by Gasteiger charge is 1.97. The molecule has 1 aromatic carbocycles. The van der Waals surface area contributed by atoms with Crippen LogP contribution >= 0.6 is 0 Å². The highest BCUT2D eigenvalue weighted by Crippen LogP contribution is 2.12. The zero-order valence-electron chi connectivity index (χ0n) is 10.4. The molecule has 94 valence electrons. The summed E-state index contributed by atoms with van der Waals surface area (Å²) in [6.07, 6.45) is 3.65. The number of benzene rings is 1. The number of aromatic hydroxyl groups is 1. The molecule has 0 amide bonds. The Morgan fingerprint density at radius 2 is 2.17 bits per heavy atom. The predicted molar refractivity (Wildman–Crippen MR) is 71.7 cm³/mol. The molecule has 0 fully saturated rings. The van der Waals surface area contributed by atoms with E-state index in [4.69, 9.17) is 0 Å². The molecule has 0 aliphatic heterocycles. The first-order valence-electron chi connectivity index (χ1n) is 6.05. The van der Waals surface area contributed by atoms with Crippen molar-refractivity contribution in [2.24, 2.45) is 0 Å². The lowest BCUT2D eigenvalue weighted by Gasteiger charge is -2.05. The number of hydrogen-bond acceptors (Lipinski definition) is 4. The average molecular weight is 243 g/mol. The second kappa shape index (κ2) is 6.00. The van der Waals surface area contributed by atoms with E-state index in [2.05, 4.69) is 15.3 Å². The maximum Gasteiger partial charge on any atom is 0.222 e. The summed E-state index contributed by atoms with van der Waals surface area (Å²) in [6, 6.07) is 9.23. The Bertz CT molecular complexity index is 466. The number of phenols is 1. The number of aromatic nitrogens is 2. The van der Waals surface area contributed by atoms with Crippen LogP contribution in [0.4, 0.5) is 5.95 Å². The molecule has 2 rings (SSSR count). The van der Waals surface area contributed by atoms with Crippen LogP contribution in [0, 0.1) is 6.92 Å².